The van der Waals surface area contributed by atoms with Crippen molar-refractivity contribution in [3.63, 3.8) is 0 Å². The third-order valence-electron chi connectivity index (χ3n) is 4.54. The Balaban J connectivity index is 1.80. The van der Waals surface area contributed by atoms with Gasteiger partial charge in [0.15, 0.2) is 0 Å². The highest BCUT2D eigenvalue weighted by molar-refractivity contribution is 7.89. The summed E-state index contributed by atoms with van der Waals surface area (Å²) in [6, 6.07) is 8.65. The average Bonchev–Trinajstić information content (AvgIpc) is 3.24. The molecular weight excluding hydrogens is 437 g/mol. The van der Waals surface area contributed by atoms with Crippen LogP contribution < -0.4 is 5.43 Å². The topological polar surface area (TPSA) is 99.1 Å². The third kappa shape index (κ3) is 4.72. The van der Waals surface area contributed by atoms with Gasteiger partial charge in [-0.05, 0) is 50.1 Å². The van der Waals surface area contributed by atoms with Crippen LogP contribution in [0.15, 0.2) is 46.4 Å². The smallest absolute Gasteiger partial charge is 0.271 e. The second kappa shape index (κ2) is 8.71. The molecule has 0 bridgehead atoms. The largest absolute Gasteiger partial charge is 0.506 e. The molecule has 10 heteroatoms. The van der Waals surface area contributed by atoms with E-state index in [1.807, 2.05) is 0 Å². The molecule has 29 heavy (non-hydrogen) atoms. The SMILES string of the molecule is CC(=NNC(=O)c1cccc(S(=O)(=O)N2CCCC2)c1)c1cc(Cl)cc(Cl)c1O. The summed E-state index contributed by atoms with van der Waals surface area (Å²) in [5.41, 5.74) is 3.05. The monoisotopic (exact) mass is 455 g/mol. The number of nitrogens with zero attached hydrogens (tertiary/aromatic N) is 2. The molecule has 0 aliphatic carbocycles. The number of aromatic hydroxyl groups is 1. The number of hydrogen-bond acceptors (Lipinski definition) is 5. The van der Waals surface area contributed by atoms with E-state index in [1.54, 1.807) is 6.92 Å². The number of carbonyl (C=O) groups is 1. The van der Waals surface area contributed by atoms with E-state index in [4.69, 9.17) is 23.2 Å². The van der Waals surface area contributed by atoms with E-state index in [9.17, 15) is 18.3 Å². The summed E-state index contributed by atoms with van der Waals surface area (Å²) in [5.74, 6) is -0.791. The predicted molar refractivity (Wildman–Crippen MR) is 112 cm³/mol. The number of hydrogen-bond donors (Lipinski definition) is 2. The van der Waals surface area contributed by atoms with Gasteiger partial charge in [-0.2, -0.15) is 9.41 Å². The van der Waals surface area contributed by atoms with Crippen molar-refractivity contribution in [1.82, 2.24) is 9.73 Å². The molecule has 0 saturated carbocycles. The molecule has 7 nitrogen and oxygen atoms in total. The van der Waals surface area contributed by atoms with Gasteiger partial charge in [0.05, 0.1) is 15.6 Å². The Labute approximate surface area is 179 Å². The van der Waals surface area contributed by atoms with Gasteiger partial charge in [-0.25, -0.2) is 13.8 Å². The van der Waals surface area contributed by atoms with E-state index in [-0.39, 0.29) is 32.5 Å². The summed E-state index contributed by atoms with van der Waals surface area (Å²) in [5, 5.41) is 14.4. The quantitative estimate of drug-likeness (QED) is 0.530. The molecule has 3 rings (SSSR count). The van der Waals surface area contributed by atoms with Gasteiger partial charge in [-0.1, -0.05) is 29.3 Å². The summed E-state index contributed by atoms with van der Waals surface area (Å²) < 4.78 is 26.8. The molecule has 1 saturated heterocycles. The van der Waals surface area contributed by atoms with Crippen molar-refractivity contribution in [2.45, 2.75) is 24.7 Å². The number of phenolic OH excluding ortho intramolecular Hbond substituents is 1. The molecule has 2 N–H and O–H groups in total. The van der Waals surface area contributed by atoms with Gasteiger partial charge in [-0.3, -0.25) is 4.79 Å². The fraction of sp³-hybridized carbons (Fsp3) is 0.263. The normalized spacial score (nSPS) is 15.5. The van der Waals surface area contributed by atoms with E-state index in [0.29, 0.717) is 18.1 Å². The van der Waals surface area contributed by atoms with Gasteiger partial charge in [0.2, 0.25) is 10.0 Å². The number of phenols is 1. The van der Waals surface area contributed by atoms with Gasteiger partial charge in [0.25, 0.3) is 5.91 Å². The minimum atomic E-state index is -3.63. The lowest BCUT2D eigenvalue weighted by atomic mass is 10.1. The first-order valence-corrected chi connectivity index (χ1v) is 11.0. The van der Waals surface area contributed by atoms with Crippen LogP contribution in [0.1, 0.15) is 35.7 Å². The van der Waals surface area contributed by atoms with Crippen LogP contribution in [-0.4, -0.2) is 42.5 Å². The molecule has 2 aromatic rings. The Kier molecular flexibility index (Phi) is 6.48. The first-order chi connectivity index (χ1) is 13.7. The average molecular weight is 456 g/mol. The van der Waals surface area contributed by atoms with Crippen molar-refractivity contribution in [3.05, 3.63) is 57.6 Å². The molecular formula is C19H19Cl2N3O4S. The fourth-order valence-electron chi connectivity index (χ4n) is 2.98. The molecule has 0 atom stereocenters. The molecule has 1 fully saturated rings. The van der Waals surface area contributed by atoms with Crippen molar-refractivity contribution < 1.29 is 18.3 Å². The Morgan fingerprint density at radius 2 is 1.86 bits per heavy atom. The summed E-state index contributed by atoms with van der Waals surface area (Å²) >= 11 is 11.8. The van der Waals surface area contributed by atoms with Crippen molar-refractivity contribution in [2.24, 2.45) is 5.10 Å². The maximum Gasteiger partial charge on any atom is 0.271 e. The van der Waals surface area contributed by atoms with E-state index in [1.165, 1.54) is 40.7 Å². The maximum absolute atomic E-state index is 12.7. The summed E-state index contributed by atoms with van der Waals surface area (Å²) in [4.78, 5) is 12.5. The first kappa shape index (κ1) is 21.6. The van der Waals surface area contributed by atoms with Crippen LogP contribution in [0.4, 0.5) is 0 Å². The lowest BCUT2D eigenvalue weighted by Crippen LogP contribution is -2.28. The number of rotatable bonds is 5. The molecule has 0 radical (unpaired) electrons. The lowest BCUT2D eigenvalue weighted by Gasteiger charge is -2.15. The Bertz CT molecular complexity index is 1080. The molecule has 154 valence electrons. The molecule has 0 unspecified atom stereocenters. The molecule has 0 spiro atoms. The first-order valence-electron chi connectivity index (χ1n) is 8.83. The van der Waals surface area contributed by atoms with Gasteiger partial charge in [0, 0.05) is 29.2 Å². The molecule has 2 aromatic carbocycles. The second-order valence-electron chi connectivity index (χ2n) is 6.56. The van der Waals surface area contributed by atoms with Crippen LogP contribution >= 0.6 is 23.2 Å². The highest BCUT2D eigenvalue weighted by Crippen LogP contribution is 2.31. The number of nitrogens with one attached hydrogen (secondary N) is 1. The standard InChI is InChI=1S/C19H19Cl2N3O4S/c1-12(16-10-14(20)11-17(21)18(16)25)22-23-19(26)13-5-4-6-15(9-13)29(27,28)24-7-2-3-8-24/h4-6,9-11,25H,2-3,7-8H2,1H3,(H,23,26). The molecule has 1 heterocycles. The number of hydrazone groups is 1. The van der Waals surface area contributed by atoms with Crippen molar-refractivity contribution in [3.8, 4) is 5.75 Å². The molecule has 1 aliphatic rings. The zero-order chi connectivity index (χ0) is 21.2. The lowest BCUT2D eigenvalue weighted by molar-refractivity contribution is 0.0954. The highest BCUT2D eigenvalue weighted by atomic mass is 35.5. The second-order valence-corrected chi connectivity index (χ2v) is 9.34. The van der Waals surface area contributed by atoms with Crippen molar-refractivity contribution in [1.29, 1.82) is 0 Å². The molecule has 0 aromatic heterocycles. The van der Waals surface area contributed by atoms with Crippen molar-refractivity contribution >= 4 is 44.8 Å². The van der Waals surface area contributed by atoms with Crippen LogP contribution in [-0.2, 0) is 10.0 Å². The Morgan fingerprint density at radius 1 is 1.17 bits per heavy atom. The van der Waals surface area contributed by atoms with Crippen LogP contribution in [0, 0.1) is 0 Å². The minimum absolute atomic E-state index is 0.0621. The summed E-state index contributed by atoms with van der Waals surface area (Å²) in [7, 11) is -3.63. The third-order valence-corrected chi connectivity index (χ3v) is 6.94. The number of sulfonamides is 1. The van der Waals surface area contributed by atoms with Crippen LogP contribution in [0.2, 0.25) is 10.0 Å². The molecule has 1 amide bonds. The van der Waals surface area contributed by atoms with Crippen LogP contribution in [0.25, 0.3) is 0 Å². The number of halogens is 2. The zero-order valence-corrected chi connectivity index (χ0v) is 17.9. The fourth-order valence-corrected chi connectivity index (χ4v) is 5.03. The zero-order valence-electron chi connectivity index (χ0n) is 15.5. The van der Waals surface area contributed by atoms with Gasteiger partial charge < -0.3 is 5.11 Å². The Hall–Kier alpha value is -2.13. The molecule has 1 aliphatic heterocycles. The van der Waals surface area contributed by atoms with Crippen LogP contribution in [0.5, 0.6) is 5.75 Å². The van der Waals surface area contributed by atoms with E-state index in [0.717, 1.165) is 12.8 Å². The minimum Gasteiger partial charge on any atom is -0.506 e. The van der Waals surface area contributed by atoms with E-state index >= 15 is 0 Å². The maximum atomic E-state index is 12.7. The van der Waals surface area contributed by atoms with Gasteiger partial charge >= 0.3 is 0 Å². The summed E-state index contributed by atoms with van der Waals surface area (Å²) in [6.07, 6.45) is 1.65. The van der Waals surface area contributed by atoms with E-state index in [2.05, 4.69) is 10.5 Å². The number of benzene rings is 2. The van der Waals surface area contributed by atoms with Gasteiger partial charge in [0.1, 0.15) is 5.75 Å². The van der Waals surface area contributed by atoms with E-state index < -0.39 is 15.9 Å². The van der Waals surface area contributed by atoms with Crippen molar-refractivity contribution in [2.75, 3.05) is 13.1 Å². The number of carbonyl (C=O) groups excluding carboxylic acids is 1. The summed E-state index contributed by atoms with van der Waals surface area (Å²) in [6.45, 7) is 2.53. The predicted octanol–water partition coefficient (Wildman–Crippen LogP) is 3.64. The highest BCUT2D eigenvalue weighted by Gasteiger charge is 2.27. The Morgan fingerprint density at radius 3 is 2.55 bits per heavy atom. The number of amides is 1. The van der Waals surface area contributed by atoms with Gasteiger partial charge in [-0.15, -0.1) is 0 Å². The van der Waals surface area contributed by atoms with Crippen LogP contribution in [0.3, 0.4) is 0 Å².